The molecule has 3 aromatic carbocycles. The highest BCUT2D eigenvalue weighted by molar-refractivity contribution is 5.96. The predicted molar refractivity (Wildman–Crippen MR) is 139 cm³/mol. The third-order valence-corrected chi connectivity index (χ3v) is 6.02. The number of rotatable bonds is 11. The molecular weight excluding hydrogens is 473 g/mol. The minimum absolute atomic E-state index is 0.0118. The Morgan fingerprint density at radius 3 is 1.97 bits per heavy atom. The summed E-state index contributed by atoms with van der Waals surface area (Å²) in [6.07, 6.45) is 0.532. The lowest BCUT2D eigenvalue weighted by molar-refractivity contribution is -0.137. The van der Waals surface area contributed by atoms with Gasteiger partial charge in [0.25, 0.3) is 0 Å². The quantitative estimate of drug-likeness (QED) is 0.218. The monoisotopic (exact) mass is 501 g/mol. The van der Waals surface area contributed by atoms with E-state index in [9.17, 15) is 14.0 Å². The van der Waals surface area contributed by atoms with Gasteiger partial charge in [-0.2, -0.15) is 0 Å². The summed E-state index contributed by atoms with van der Waals surface area (Å²) in [5, 5.41) is 20.5. The molecule has 0 bridgehead atoms. The highest BCUT2D eigenvalue weighted by atomic mass is 19.1. The number of hydrogen-bond acceptors (Lipinski definition) is 6. The first kappa shape index (κ1) is 25.8. The number of hydrogen-bond donors (Lipinski definition) is 2. The molecule has 4 aromatic rings. The Morgan fingerprint density at radius 1 is 0.865 bits per heavy atom. The van der Waals surface area contributed by atoms with Crippen molar-refractivity contribution in [1.82, 2.24) is 10.2 Å². The second-order valence-corrected chi connectivity index (χ2v) is 9.16. The number of nitrogens with zero attached hydrogens (tertiary/aromatic N) is 2. The van der Waals surface area contributed by atoms with Gasteiger partial charge < -0.3 is 14.8 Å². The Labute approximate surface area is 214 Å². The van der Waals surface area contributed by atoms with Gasteiger partial charge in [0, 0.05) is 35.2 Å². The van der Waals surface area contributed by atoms with E-state index < -0.39 is 5.97 Å². The Morgan fingerprint density at radius 2 is 1.43 bits per heavy atom. The van der Waals surface area contributed by atoms with Crippen LogP contribution in [0.4, 0.5) is 10.1 Å². The Bertz CT molecular complexity index is 1350. The summed E-state index contributed by atoms with van der Waals surface area (Å²) in [6.45, 7) is 4.25. The lowest BCUT2D eigenvalue weighted by atomic mass is 9.94. The van der Waals surface area contributed by atoms with Gasteiger partial charge in [0.1, 0.15) is 5.82 Å². The summed E-state index contributed by atoms with van der Waals surface area (Å²) >= 11 is 0. The molecule has 1 atom stereocenters. The Balaban J connectivity index is 1.43. The van der Waals surface area contributed by atoms with Gasteiger partial charge in [-0.1, -0.05) is 26.0 Å². The molecule has 0 fully saturated rings. The van der Waals surface area contributed by atoms with Gasteiger partial charge in [0.2, 0.25) is 11.8 Å². The average molecular weight is 502 g/mol. The Hall–Kier alpha value is -4.33. The zero-order valence-electron chi connectivity index (χ0n) is 20.6. The van der Waals surface area contributed by atoms with Crippen molar-refractivity contribution in [3.63, 3.8) is 0 Å². The molecule has 0 aliphatic carbocycles. The van der Waals surface area contributed by atoms with Crippen LogP contribution in [0.2, 0.25) is 0 Å². The lowest BCUT2D eigenvalue weighted by Gasteiger charge is -2.24. The van der Waals surface area contributed by atoms with Crippen molar-refractivity contribution < 1.29 is 23.5 Å². The normalized spacial score (nSPS) is 11.9. The van der Waals surface area contributed by atoms with Gasteiger partial charge >= 0.3 is 5.97 Å². The lowest BCUT2D eigenvalue weighted by Crippen LogP contribution is -2.16. The van der Waals surface area contributed by atoms with Crippen molar-refractivity contribution in [2.45, 2.75) is 39.2 Å². The van der Waals surface area contributed by atoms with E-state index in [4.69, 9.17) is 9.52 Å². The second-order valence-electron chi connectivity index (χ2n) is 9.16. The summed E-state index contributed by atoms with van der Waals surface area (Å²) in [4.78, 5) is 22.9. The number of ketones is 1. The molecule has 0 radical (unpaired) electrons. The van der Waals surface area contributed by atoms with Gasteiger partial charge in [-0.3, -0.25) is 9.59 Å². The van der Waals surface area contributed by atoms with E-state index in [0.717, 1.165) is 16.8 Å². The number of carbonyl (C=O) groups excluding carboxylic acids is 1. The zero-order chi connectivity index (χ0) is 26.4. The van der Waals surface area contributed by atoms with Crippen LogP contribution in [0.3, 0.4) is 0 Å². The average Bonchev–Trinajstić information content (AvgIpc) is 3.38. The van der Waals surface area contributed by atoms with Crippen LogP contribution in [0.15, 0.2) is 77.2 Å². The molecule has 0 amide bonds. The van der Waals surface area contributed by atoms with Crippen molar-refractivity contribution in [2.24, 2.45) is 5.92 Å². The van der Waals surface area contributed by atoms with Crippen molar-refractivity contribution in [3.8, 4) is 22.9 Å². The number of aromatic nitrogens is 2. The standard InChI is InChI=1S/C29H28FN3O4/c1-18(2)27(31-24-16-12-19(13-17-24)25(34)4-3-5-26(35)36)20-6-8-21(9-7-20)28-32-33-29(37-28)22-10-14-23(30)15-11-22/h6-18,27,31H,3-5H2,1-2H3,(H,35,36). The van der Waals surface area contributed by atoms with Crippen LogP contribution in [0.5, 0.6) is 0 Å². The molecule has 0 saturated heterocycles. The van der Waals surface area contributed by atoms with E-state index in [1.54, 1.807) is 24.3 Å². The number of aliphatic carboxylic acids is 1. The van der Waals surface area contributed by atoms with Gasteiger partial charge in [0.05, 0.1) is 6.04 Å². The van der Waals surface area contributed by atoms with E-state index >= 15 is 0 Å². The van der Waals surface area contributed by atoms with Crippen molar-refractivity contribution >= 4 is 17.4 Å². The third-order valence-electron chi connectivity index (χ3n) is 6.02. The maximum Gasteiger partial charge on any atom is 0.303 e. The molecular formula is C29H28FN3O4. The van der Waals surface area contributed by atoms with E-state index in [1.807, 2.05) is 36.4 Å². The largest absolute Gasteiger partial charge is 0.481 e. The van der Waals surface area contributed by atoms with E-state index in [2.05, 4.69) is 29.4 Å². The molecule has 7 nitrogen and oxygen atoms in total. The summed E-state index contributed by atoms with van der Waals surface area (Å²) in [5.41, 5.74) is 3.95. The molecule has 0 spiro atoms. The van der Waals surface area contributed by atoms with Crippen LogP contribution in [-0.2, 0) is 4.79 Å². The number of Topliss-reactive ketones (excluding diaryl/α,β-unsaturated/α-hetero) is 1. The first-order valence-corrected chi connectivity index (χ1v) is 12.1. The van der Waals surface area contributed by atoms with Crippen LogP contribution >= 0.6 is 0 Å². The summed E-state index contributed by atoms with van der Waals surface area (Å²) < 4.78 is 19.0. The molecule has 8 heteroatoms. The van der Waals surface area contributed by atoms with E-state index in [-0.39, 0.29) is 36.4 Å². The SMILES string of the molecule is CC(C)C(Nc1ccc(C(=O)CCCC(=O)O)cc1)c1ccc(-c2nnc(-c3ccc(F)cc3)o2)cc1. The summed E-state index contributed by atoms with van der Waals surface area (Å²) in [5.74, 6) is -0.311. The second kappa shape index (κ2) is 11.6. The first-order chi connectivity index (χ1) is 17.8. The first-order valence-electron chi connectivity index (χ1n) is 12.1. The fraction of sp³-hybridized carbons (Fsp3) is 0.241. The molecule has 2 N–H and O–H groups in total. The fourth-order valence-corrected chi connectivity index (χ4v) is 3.99. The third kappa shape index (κ3) is 6.67. The maximum atomic E-state index is 13.2. The minimum Gasteiger partial charge on any atom is -0.481 e. The number of halogens is 1. The van der Waals surface area contributed by atoms with E-state index in [1.165, 1.54) is 12.1 Å². The highest BCUT2D eigenvalue weighted by Crippen LogP contribution is 2.30. The molecule has 0 aliphatic heterocycles. The Kier molecular flexibility index (Phi) is 8.08. The topological polar surface area (TPSA) is 105 Å². The molecule has 0 aliphatic rings. The van der Waals surface area contributed by atoms with Crippen LogP contribution in [0.25, 0.3) is 22.9 Å². The number of anilines is 1. The van der Waals surface area contributed by atoms with Crippen molar-refractivity contribution in [2.75, 3.05) is 5.32 Å². The molecule has 1 unspecified atom stereocenters. The molecule has 4 rings (SSSR count). The molecule has 190 valence electrons. The number of nitrogens with one attached hydrogen (secondary N) is 1. The van der Waals surface area contributed by atoms with Crippen LogP contribution in [-0.4, -0.2) is 27.1 Å². The maximum absolute atomic E-state index is 13.2. The van der Waals surface area contributed by atoms with E-state index in [0.29, 0.717) is 29.3 Å². The van der Waals surface area contributed by atoms with Crippen LogP contribution < -0.4 is 5.32 Å². The number of carboxylic acid groups (broad SMARTS) is 1. The molecule has 37 heavy (non-hydrogen) atoms. The smallest absolute Gasteiger partial charge is 0.303 e. The van der Waals surface area contributed by atoms with Gasteiger partial charge in [0.15, 0.2) is 5.78 Å². The highest BCUT2D eigenvalue weighted by Gasteiger charge is 2.17. The van der Waals surface area contributed by atoms with Crippen molar-refractivity contribution in [3.05, 3.63) is 89.7 Å². The number of carbonyl (C=O) groups is 2. The predicted octanol–water partition coefficient (Wildman–Crippen LogP) is 6.79. The van der Waals surface area contributed by atoms with Crippen LogP contribution in [0, 0.1) is 11.7 Å². The van der Waals surface area contributed by atoms with Gasteiger partial charge in [-0.25, -0.2) is 4.39 Å². The number of benzene rings is 3. The molecule has 1 heterocycles. The van der Waals surface area contributed by atoms with Crippen molar-refractivity contribution in [1.29, 1.82) is 0 Å². The minimum atomic E-state index is -0.896. The fourth-order valence-electron chi connectivity index (χ4n) is 3.99. The summed E-state index contributed by atoms with van der Waals surface area (Å²) in [6, 6.07) is 21.0. The zero-order valence-corrected chi connectivity index (χ0v) is 20.6. The number of carboxylic acids is 1. The molecule has 0 saturated carbocycles. The van der Waals surface area contributed by atoms with Gasteiger partial charge in [-0.05, 0) is 78.6 Å². The summed E-state index contributed by atoms with van der Waals surface area (Å²) in [7, 11) is 0. The van der Waals surface area contributed by atoms with Gasteiger partial charge in [-0.15, -0.1) is 10.2 Å². The molecule has 1 aromatic heterocycles. The van der Waals surface area contributed by atoms with Crippen LogP contribution in [0.1, 0.15) is 55.1 Å².